The molecule has 1 aromatic heterocycles. The predicted molar refractivity (Wildman–Crippen MR) is 82.8 cm³/mol. The lowest BCUT2D eigenvalue weighted by atomic mass is 9.85. The first kappa shape index (κ1) is 14.1. The summed E-state index contributed by atoms with van der Waals surface area (Å²) in [4.78, 5) is 17.7. The molecule has 1 N–H and O–H groups in total. The van der Waals surface area contributed by atoms with Crippen LogP contribution in [0.4, 0.5) is 17.3 Å². The summed E-state index contributed by atoms with van der Waals surface area (Å²) >= 11 is 0. The monoisotopic (exact) mass is 290 g/mol. The maximum Gasteiger partial charge on any atom is 0.311 e. The zero-order valence-corrected chi connectivity index (χ0v) is 12.4. The summed E-state index contributed by atoms with van der Waals surface area (Å²) in [5, 5.41) is 14.5. The SMILES string of the molecule is CCNc1ccc([N+](=O)[O-])c(N2CCC3CCCCC32)n1. The Labute approximate surface area is 124 Å². The van der Waals surface area contributed by atoms with Crippen molar-refractivity contribution in [3.05, 3.63) is 22.2 Å². The fourth-order valence-corrected chi connectivity index (χ4v) is 3.74. The third kappa shape index (κ3) is 2.66. The highest BCUT2D eigenvalue weighted by Gasteiger charge is 2.39. The molecule has 6 nitrogen and oxygen atoms in total. The third-order valence-electron chi connectivity index (χ3n) is 4.69. The molecule has 0 amide bonds. The quantitative estimate of drug-likeness (QED) is 0.681. The highest BCUT2D eigenvalue weighted by Crippen LogP contribution is 2.41. The van der Waals surface area contributed by atoms with Gasteiger partial charge in [-0.05, 0) is 38.2 Å². The van der Waals surface area contributed by atoms with Crippen molar-refractivity contribution in [2.75, 3.05) is 23.3 Å². The van der Waals surface area contributed by atoms with E-state index in [4.69, 9.17) is 0 Å². The molecule has 2 aliphatic rings. The zero-order chi connectivity index (χ0) is 14.8. The van der Waals surface area contributed by atoms with Crippen LogP contribution < -0.4 is 10.2 Å². The van der Waals surface area contributed by atoms with Crippen molar-refractivity contribution in [3.8, 4) is 0 Å². The summed E-state index contributed by atoms with van der Waals surface area (Å²) in [7, 11) is 0. The van der Waals surface area contributed by atoms with Gasteiger partial charge in [-0.3, -0.25) is 10.1 Å². The van der Waals surface area contributed by atoms with Gasteiger partial charge >= 0.3 is 5.69 Å². The molecule has 2 fully saturated rings. The highest BCUT2D eigenvalue weighted by molar-refractivity contribution is 5.63. The molecule has 2 atom stereocenters. The van der Waals surface area contributed by atoms with Crippen LogP contribution in [0.5, 0.6) is 0 Å². The maximum atomic E-state index is 11.3. The summed E-state index contributed by atoms with van der Waals surface area (Å²) < 4.78 is 0. The first-order valence-electron chi connectivity index (χ1n) is 7.86. The second-order valence-electron chi connectivity index (χ2n) is 5.92. The number of pyridine rings is 1. The molecule has 2 unspecified atom stereocenters. The molecule has 1 saturated carbocycles. The maximum absolute atomic E-state index is 11.3. The number of anilines is 2. The summed E-state index contributed by atoms with van der Waals surface area (Å²) in [6.45, 7) is 3.64. The number of hydrogen-bond acceptors (Lipinski definition) is 5. The molecule has 1 saturated heterocycles. The summed E-state index contributed by atoms with van der Waals surface area (Å²) in [5.41, 5.74) is 0.128. The van der Waals surface area contributed by atoms with Crippen LogP contribution in [0.3, 0.4) is 0 Å². The van der Waals surface area contributed by atoms with Gasteiger partial charge in [0, 0.05) is 25.2 Å². The van der Waals surface area contributed by atoms with Crippen molar-refractivity contribution in [2.24, 2.45) is 5.92 Å². The molecular weight excluding hydrogens is 268 g/mol. The Morgan fingerprint density at radius 2 is 2.19 bits per heavy atom. The Morgan fingerprint density at radius 3 is 2.95 bits per heavy atom. The van der Waals surface area contributed by atoms with E-state index in [2.05, 4.69) is 15.2 Å². The topological polar surface area (TPSA) is 71.3 Å². The molecular formula is C15H22N4O2. The second-order valence-corrected chi connectivity index (χ2v) is 5.92. The van der Waals surface area contributed by atoms with Crippen molar-refractivity contribution in [1.29, 1.82) is 0 Å². The zero-order valence-electron chi connectivity index (χ0n) is 12.4. The smallest absolute Gasteiger partial charge is 0.311 e. The van der Waals surface area contributed by atoms with Crippen LogP contribution in [0, 0.1) is 16.0 Å². The molecule has 1 aliphatic heterocycles. The Kier molecular flexibility index (Phi) is 3.94. The first-order chi connectivity index (χ1) is 10.2. The first-order valence-corrected chi connectivity index (χ1v) is 7.86. The molecule has 0 aromatic carbocycles. The Bertz CT molecular complexity index is 534. The van der Waals surface area contributed by atoms with E-state index < -0.39 is 0 Å². The van der Waals surface area contributed by atoms with E-state index in [1.807, 2.05) is 6.92 Å². The van der Waals surface area contributed by atoms with Gasteiger partial charge in [-0.15, -0.1) is 0 Å². The van der Waals surface area contributed by atoms with Gasteiger partial charge in [-0.1, -0.05) is 12.8 Å². The lowest BCUT2D eigenvalue weighted by Gasteiger charge is -2.32. The van der Waals surface area contributed by atoms with Crippen molar-refractivity contribution < 1.29 is 4.92 Å². The van der Waals surface area contributed by atoms with E-state index in [-0.39, 0.29) is 10.6 Å². The number of nitro groups is 1. The van der Waals surface area contributed by atoms with E-state index >= 15 is 0 Å². The summed E-state index contributed by atoms with van der Waals surface area (Å²) in [5.74, 6) is 1.95. The molecule has 114 valence electrons. The average Bonchev–Trinajstić information content (AvgIpc) is 2.91. The van der Waals surface area contributed by atoms with Crippen molar-refractivity contribution in [3.63, 3.8) is 0 Å². The lowest BCUT2D eigenvalue weighted by Crippen LogP contribution is -2.35. The van der Waals surface area contributed by atoms with Crippen LogP contribution in [0.2, 0.25) is 0 Å². The lowest BCUT2D eigenvalue weighted by molar-refractivity contribution is -0.384. The molecule has 3 rings (SSSR count). The minimum atomic E-state index is -0.311. The number of rotatable bonds is 4. The summed E-state index contributed by atoms with van der Waals surface area (Å²) in [6, 6.07) is 3.71. The largest absolute Gasteiger partial charge is 0.370 e. The Balaban J connectivity index is 1.95. The van der Waals surface area contributed by atoms with Gasteiger partial charge in [0.1, 0.15) is 5.82 Å². The molecule has 0 radical (unpaired) electrons. The van der Waals surface area contributed by atoms with Gasteiger partial charge in [0.2, 0.25) is 5.82 Å². The minimum absolute atomic E-state index is 0.128. The molecule has 1 aliphatic carbocycles. The molecule has 1 aromatic rings. The number of hydrogen-bond donors (Lipinski definition) is 1. The van der Waals surface area contributed by atoms with Crippen LogP contribution in [0.15, 0.2) is 12.1 Å². The fraction of sp³-hybridized carbons (Fsp3) is 0.667. The van der Waals surface area contributed by atoms with Crippen LogP contribution >= 0.6 is 0 Å². The van der Waals surface area contributed by atoms with Gasteiger partial charge in [0.05, 0.1) is 4.92 Å². The Hall–Kier alpha value is -1.85. The van der Waals surface area contributed by atoms with Crippen molar-refractivity contribution >= 4 is 17.3 Å². The van der Waals surface area contributed by atoms with Crippen LogP contribution in [0.25, 0.3) is 0 Å². The third-order valence-corrected chi connectivity index (χ3v) is 4.69. The van der Waals surface area contributed by atoms with Crippen molar-refractivity contribution in [1.82, 2.24) is 4.98 Å². The molecule has 21 heavy (non-hydrogen) atoms. The van der Waals surface area contributed by atoms with E-state index in [1.165, 1.54) is 19.3 Å². The molecule has 0 bridgehead atoms. The van der Waals surface area contributed by atoms with Crippen LogP contribution in [-0.4, -0.2) is 29.0 Å². The number of fused-ring (bicyclic) bond motifs is 1. The second kappa shape index (κ2) is 5.87. The van der Waals surface area contributed by atoms with Gasteiger partial charge in [0.15, 0.2) is 0 Å². The van der Waals surface area contributed by atoms with E-state index in [0.29, 0.717) is 17.8 Å². The van der Waals surface area contributed by atoms with E-state index in [9.17, 15) is 10.1 Å². The molecule has 0 spiro atoms. The normalized spacial score (nSPS) is 24.7. The standard InChI is InChI=1S/C15H22N4O2/c1-2-16-14-8-7-13(19(20)21)15(17-14)18-10-9-11-5-3-4-6-12(11)18/h7-8,11-12H,2-6,9-10H2,1H3,(H,16,17). The highest BCUT2D eigenvalue weighted by atomic mass is 16.6. The van der Waals surface area contributed by atoms with Gasteiger partial charge < -0.3 is 10.2 Å². The van der Waals surface area contributed by atoms with E-state index in [1.54, 1.807) is 12.1 Å². The van der Waals surface area contributed by atoms with Crippen LogP contribution in [-0.2, 0) is 0 Å². The average molecular weight is 290 g/mol. The van der Waals surface area contributed by atoms with Gasteiger partial charge in [0.25, 0.3) is 0 Å². The minimum Gasteiger partial charge on any atom is -0.370 e. The van der Waals surface area contributed by atoms with E-state index in [0.717, 1.165) is 31.7 Å². The molecule has 2 heterocycles. The number of nitrogens with one attached hydrogen (secondary N) is 1. The number of aromatic nitrogens is 1. The van der Waals surface area contributed by atoms with Gasteiger partial charge in [-0.25, -0.2) is 4.98 Å². The number of nitrogens with zero attached hydrogens (tertiary/aromatic N) is 3. The predicted octanol–water partition coefficient (Wildman–Crippen LogP) is 3.19. The van der Waals surface area contributed by atoms with Crippen molar-refractivity contribution in [2.45, 2.75) is 45.1 Å². The molecule has 6 heteroatoms. The van der Waals surface area contributed by atoms with Crippen LogP contribution in [0.1, 0.15) is 39.0 Å². The fourth-order valence-electron chi connectivity index (χ4n) is 3.74. The van der Waals surface area contributed by atoms with Gasteiger partial charge in [-0.2, -0.15) is 0 Å². The summed E-state index contributed by atoms with van der Waals surface area (Å²) in [6.07, 6.45) is 6.03. The Morgan fingerprint density at radius 1 is 1.38 bits per heavy atom.